The number of nitro benzene ring substituents is 1. The fourth-order valence-electron chi connectivity index (χ4n) is 3.29. The molecule has 1 heterocycles. The van der Waals surface area contributed by atoms with Crippen molar-refractivity contribution < 1.29 is 9.72 Å². The quantitative estimate of drug-likeness (QED) is 0.634. The number of carbonyl (C=O) groups is 1. The van der Waals surface area contributed by atoms with Crippen LogP contribution in [0.15, 0.2) is 48.5 Å². The molecule has 1 atom stereocenters. The Morgan fingerprint density at radius 2 is 1.88 bits per heavy atom. The Kier molecular flexibility index (Phi) is 5.51. The zero-order valence-electron chi connectivity index (χ0n) is 14.9. The number of nitrogens with one attached hydrogen (secondary N) is 1. The Bertz CT molecular complexity index is 786. The summed E-state index contributed by atoms with van der Waals surface area (Å²) < 4.78 is 0. The highest BCUT2D eigenvalue weighted by Crippen LogP contribution is 2.28. The SMILES string of the molecule is C[C@@H](CNC(=O)c1cc([N+](=O)[O-])ccc1N1CCCC1)c1ccccc1. The van der Waals surface area contributed by atoms with Gasteiger partial charge in [-0.3, -0.25) is 14.9 Å². The average Bonchev–Trinajstić information content (AvgIpc) is 3.20. The van der Waals surface area contributed by atoms with Crippen molar-refractivity contribution in [3.8, 4) is 0 Å². The maximum absolute atomic E-state index is 12.8. The molecule has 0 unspecified atom stereocenters. The predicted molar refractivity (Wildman–Crippen MR) is 102 cm³/mol. The van der Waals surface area contributed by atoms with Crippen molar-refractivity contribution >= 4 is 17.3 Å². The van der Waals surface area contributed by atoms with Crippen LogP contribution in [0.1, 0.15) is 41.6 Å². The molecular formula is C20H23N3O3. The molecule has 0 aliphatic carbocycles. The van der Waals surface area contributed by atoms with Gasteiger partial charge in [0.25, 0.3) is 11.6 Å². The Hall–Kier alpha value is -2.89. The Labute approximate surface area is 153 Å². The highest BCUT2D eigenvalue weighted by Gasteiger charge is 2.22. The molecule has 0 aromatic heterocycles. The third kappa shape index (κ3) is 4.02. The van der Waals surface area contributed by atoms with Crippen molar-refractivity contribution in [1.29, 1.82) is 0 Å². The van der Waals surface area contributed by atoms with Crippen LogP contribution in [-0.2, 0) is 0 Å². The molecule has 2 aromatic rings. The maximum Gasteiger partial charge on any atom is 0.270 e. The fraction of sp³-hybridized carbons (Fsp3) is 0.350. The van der Waals surface area contributed by atoms with Crippen molar-refractivity contribution in [2.24, 2.45) is 0 Å². The molecule has 0 radical (unpaired) electrons. The van der Waals surface area contributed by atoms with E-state index in [1.54, 1.807) is 6.07 Å². The van der Waals surface area contributed by atoms with Crippen LogP contribution in [0.25, 0.3) is 0 Å². The lowest BCUT2D eigenvalue weighted by molar-refractivity contribution is -0.384. The van der Waals surface area contributed by atoms with E-state index in [4.69, 9.17) is 0 Å². The molecule has 3 rings (SSSR count). The molecule has 1 saturated heterocycles. The largest absolute Gasteiger partial charge is 0.371 e. The molecule has 1 aliphatic rings. The molecule has 136 valence electrons. The minimum Gasteiger partial charge on any atom is -0.371 e. The van der Waals surface area contributed by atoms with Gasteiger partial charge in [-0.2, -0.15) is 0 Å². The van der Waals surface area contributed by atoms with E-state index in [0.29, 0.717) is 12.1 Å². The summed E-state index contributed by atoms with van der Waals surface area (Å²) in [6.07, 6.45) is 2.15. The number of carbonyl (C=O) groups excluding carboxylic acids is 1. The monoisotopic (exact) mass is 353 g/mol. The molecule has 1 aliphatic heterocycles. The van der Waals surface area contributed by atoms with Crippen LogP contribution >= 0.6 is 0 Å². The van der Waals surface area contributed by atoms with Gasteiger partial charge >= 0.3 is 0 Å². The van der Waals surface area contributed by atoms with Crippen LogP contribution in [0.5, 0.6) is 0 Å². The average molecular weight is 353 g/mol. The molecule has 6 heteroatoms. The number of anilines is 1. The van der Waals surface area contributed by atoms with Crippen molar-refractivity contribution in [2.45, 2.75) is 25.7 Å². The van der Waals surface area contributed by atoms with Gasteiger partial charge in [-0.1, -0.05) is 37.3 Å². The summed E-state index contributed by atoms with van der Waals surface area (Å²) in [7, 11) is 0. The van der Waals surface area contributed by atoms with Gasteiger partial charge in [0.2, 0.25) is 0 Å². The first kappa shape index (κ1) is 17.9. The Morgan fingerprint density at radius 3 is 2.54 bits per heavy atom. The minimum atomic E-state index is -0.461. The molecule has 1 N–H and O–H groups in total. The standard InChI is InChI=1S/C20H23N3O3/c1-15(16-7-3-2-4-8-16)14-21-20(24)18-13-17(23(25)26)9-10-19(18)22-11-5-6-12-22/h2-4,7-10,13,15H,5-6,11-12,14H2,1H3,(H,21,24)/t15-/m0/s1. The van der Waals surface area contributed by atoms with Gasteiger partial charge in [0, 0.05) is 31.8 Å². The van der Waals surface area contributed by atoms with E-state index in [9.17, 15) is 14.9 Å². The lowest BCUT2D eigenvalue weighted by Crippen LogP contribution is -2.30. The molecular weight excluding hydrogens is 330 g/mol. The molecule has 1 amide bonds. The second kappa shape index (κ2) is 7.99. The lowest BCUT2D eigenvalue weighted by atomic mass is 10.0. The van der Waals surface area contributed by atoms with Crippen LogP contribution in [0, 0.1) is 10.1 Å². The van der Waals surface area contributed by atoms with Crippen molar-refractivity contribution in [3.05, 3.63) is 69.8 Å². The number of rotatable bonds is 6. The van der Waals surface area contributed by atoms with Crippen molar-refractivity contribution in [1.82, 2.24) is 5.32 Å². The van der Waals surface area contributed by atoms with Crippen LogP contribution in [0.4, 0.5) is 11.4 Å². The Morgan fingerprint density at radius 1 is 1.19 bits per heavy atom. The second-order valence-electron chi connectivity index (χ2n) is 6.67. The third-order valence-corrected chi connectivity index (χ3v) is 4.82. The van der Waals surface area contributed by atoms with E-state index < -0.39 is 4.92 Å². The maximum atomic E-state index is 12.8. The number of benzene rings is 2. The van der Waals surface area contributed by atoms with Gasteiger partial charge in [0.1, 0.15) is 0 Å². The Balaban J connectivity index is 1.78. The summed E-state index contributed by atoms with van der Waals surface area (Å²) in [5.41, 5.74) is 2.24. The summed E-state index contributed by atoms with van der Waals surface area (Å²) in [5, 5.41) is 14.1. The second-order valence-corrected chi connectivity index (χ2v) is 6.67. The molecule has 6 nitrogen and oxygen atoms in total. The smallest absolute Gasteiger partial charge is 0.270 e. The molecule has 0 spiro atoms. The van der Waals surface area contributed by atoms with E-state index in [1.165, 1.54) is 12.1 Å². The zero-order valence-corrected chi connectivity index (χ0v) is 14.9. The van der Waals surface area contributed by atoms with Gasteiger partial charge in [0.15, 0.2) is 0 Å². The van der Waals surface area contributed by atoms with E-state index in [-0.39, 0.29) is 17.5 Å². The first-order valence-corrected chi connectivity index (χ1v) is 8.93. The van der Waals surface area contributed by atoms with Gasteiger partial charge in [-0.25, -0.2) is 0 Å². The van der Waals surface area contributed by atoms with Crippen LogP contribution in [0.3, 0.4) is 0 Å². The summed E-state index contributed by atoms with van der Waals surface area (Å²) in [6.45, 7) is 4.27. The normalized spacial score (nSPS) is 14.9. The number of nitro groups is 1. The van der Waals surface area contributed by atoms with Crippen LogP contribution < -0.4 is 10.2 Å². The van der Waals surface area contributed by atoms with E-state index in [2.05, 4.69) is 10.2 Å². The van der Waals surface area contributed by atoms with Gasteiger partial charge in [-0.05, 0) is 30.4 Å². The van der Waals surface area contributed by atoms with Crippen LogP contribution in [0.2, 0.25) is 0 Å². The summed E-state index contributed by atoms with van der Waals surface area (Å²) in [5.74, 6) is -0.104. The summed E-state index contributed by atoms with van der Waals surface area (Å²) in [6, 6.07) is 14.5. The number of hydrogen-bond acceptors (Lipinski definition) is 4. The first-order chi connectivity index (χ1) is 12.6. The molecule has 0 bridgehead atoms. The highest BCUT2D eigenvalue weighted by molar-refractivity contribution is 6.00. The number of hydrogen-bond donors (Lipinski definition) is 1. The fourth-order valence-corrected chi connectivity index (χ4v) is 3.29. The highest BCUT2D eigenvalue weighted by atomic mass is 16.6. The van der Waals surface area contributed by atoms with E-state index in [0.717, 1.165) is 37.2 Å². The number of nitrogens with zero attached hydrogens (tertiary/aromatic N) is 2. The number of amides is 1. The molecule has 1 fully saturated rings. The van der Waals surface area contributed by atoms with Gasteiger partial charge in [0.05, 0.1) is 16.2 Å². The molecule has 0 saturated carbocycles. The summed E-state index contributed by atoms with van der Waals surface area (Å²) >= 11 is 0. The predicted octanol–water partition coefficient (Wildman–Crippen LogP) is 3.73. The first-order valence-electron chi connectivity index (χ1n) is 8.93. The topological polar surface area (TPSA) is 75.5 Å². The third-order valence-electron chi connectivity index (χ3n) is 4.82. The van der Waals surface area contributed by atoms with Crippen molar-refractivity contribution in [2.75, 3.05) is 24.5 Å². The van der Waals surface area contributed by atoms with E-state index >= 15 is 0 Å². The minimum absolute atomic E-state index is 0.0609. The van der Waals surface area contributed by atoms with Gasteiger partial charge in [-0.15, -0.1) is 0 Å². The van der Waals surface area contributed by atoms with Crippen molar-refractivity contribution in [3.63, 3.8) is 0 Å². The summed E-state index contributed by atoms with van der Waals surface area (Å²) in [4.78, 5) is 25.6. The van der Waals surface area contributed by atoms with Gasteiger partial charge < -0.3 is 10.2 Å². The van der Waals surface area contributed by atoms with E-state index in [1.807, 2.05) is 37.3 Å². The van der Waals surface area contributed by atoms with Crippen LogP contribution in [-0.4, -0.2) is 30.5 Å². The number of non-ortho nitro benzene ring substituents is 1. The lowest BCUT2D eigenvalue weighted by Gasteiger charge is -2.21. The molecule has 26 heavy (non-hydrogen) atoms. The zero-order chi connectivity index (χ0) is 18.5. The molecule has 2 aromatic carbocycles.